The highest BCUT2D eigenvalue weighted by Crippen LogP contribution is 2.25. The van der Waals surface area contributed by atoms with E-state index in [1.54, 1.807) is 35.6 Å². The van der Waals surface area contributed by atoms with Gasteiger partial charge in [-0.1, -0.05) is 29.8 Å². The molecule has 0 atom stereocenters. The molecular formula is C21H21N3O2S. The monoisotopic (exact) mass is 379 g/mol. The molecule has 0 fully saturated rings. The van der Waals surface area contributed by atoms with Crippen molar-refractivity contribution < 1.29 is 9.59 Å². The Morgan fingerprint density at radius 3 is 2.52 bits per heavy atom. The van der Waals surface area contributed by atoms with Crippen LogP contribution in [0.1, 0.15) is 24.6 Å². The van der Waals surface area contributed by atoms with Crippen LogP contribution in [-0.2, 0) is 16.0 Å². The summed E-state index contributed by atoms with van der Waals surface area (Å²) in [4.78, 5) is 28.0. The smallest absolute Gasteiger partial charge is 0.224 e. The zero-order valence-corrected chi connectivity index (χ0v) is 16.1. The fraction of sp³-hybridized carbons (Fsp3) is 0.190. The molecule has 138 valence electrons. The van der Waals surface area contributed by atoms with Crippen LogP contribution >= 0.6 is 11.3 Å². The maximum atomic E-state index is 12.2. The molecule has 0 aliphatic carbocycles. The second kappa shape index (κ2) is 8.60. The number of anilines is 2. The maximum Gasteiger partial charge on any atom is 0.224 e. The summed E-state index contributed by atoms with van der Waals surface area (Å²) in [5.74, 6) is -0.230. The largest absolute Gasteiger partial charge is 0.326 e. The molecular weight excluding hydrogens is 358 g/mol. The van der Waals surface area contributed by atoms with Gasteiger partial charge < -0.3 is 10.6 Å². The Bertz CT molecular complexity index is 965. The van der Waals surface area contributed by atoms with Crippen molar-refractivity contribution in [3.63, 3.8) is 0 Å². The second-order valence-corrected chi connectivity index (χ2v) is 7.18. The van der Waals surface area contributed by atoms with Crippen LogP contribution in [0.25, 0.3) is 10.6 Å². The van der Waals surface area contributed by atoms with E-state index in [1.165, 1.54) is 12.5 Å². The number of benzene rings is 2. The minimum absolute atomic E-state index is 0.0833. The number of rotatable bonds is 6. The van der Waals surface area contributed by atoms with Gasteiger partial charge in [-0.15, -0.1) is 11.3 Å². The normalized spacial score (nSPS) is 10.4. The predicted octanol–water partition coefficient (Wildman–Crippen LogP) is 4.65. The summed E-state index contributed by atoms with van der Waals surface area (Å²) in [5.41, 5.74) is 4.53. The number of hydrogen-bond acceptors (Lipinski definition) is 4. The molecule has 0 aliphatic rings. The van der Waals surface area contributed by atoms with Gasteiger partial charge in [0, 0.05) is 35.7 Å². The topological polar surface area (TPSA) is 71.1 Å². The molecule has 1 heterocycles. The first-order chi connectivity index (χ1) is 13.0. The van der Waals surface area contributed by atoms with Crippen LogP contribution in [-0.4, -0.2) is 16.8 Å². The van der Waals surface area contributed by atoms with Gasteiger partial charge in [0.1, 0.15) is 5.01 Å². The summed E-state index contributed by atoms with van der Waals surface area (Å²) in [6.45, 7) is 3.51. The van der Waals surface area contributed by atoms with Crippen molar-refractivity contribution in [2.24, 2.45) is 0 Å². The lowest BCUT2D eigenvalue weighted by atomic mass is 10.1. The van der Waals surface area contributed by atoms with E-state index in [4.69, 9.17) is 0 Å². The van der Waals surface area contributed by atoms with Crippen molar-refractivity contribution >= 4 is 34.5 Å². The van der Waals surface area contributed by atoms with Gasteiger partial charge in [-0.05, 0) is 37.6 Å². The van der Waals surface area contributed by atoms with Crippen LogP contribution in [0.15, 0.2) is 53.9 Å². The number of hydrogen-bond donors (Lipinski definition) is 2. The van der Waals surface area contributed by atoms with E-state index in [0.717, 1.165) is 16.3 Å². The SMILES string of the molecule is CC(=O)Nc1cccc(NC(=O)CCc2csc(-c3cccc(C)c3)n2)c1. The van der Waals surface area contributed by atoms with Gasteiger partial charge in [-0.25, -0.2) is 4.98 Å². The van der Waals surface area contributed by atoms with Gasteiger partial charge in [0.05, 0.1) is 5.69 Å². The van der Waals surface area contributed by atoms with E-state index >= 15 is 0 Å². The van der Waals surface area contributed by atoms with Crippen molar-refractivity contribution in [1.29, 1.82) is 0 Å². The summed E-state index contributed by atoms with van der Waals surface area (Å²) in [7, 11) is 0. The molecule has 0 radical (unpaired) electrons. The maximum absolute atomic E-state index is 12.2. The lowest BCUT2D eigenvalue weighted by Crippen LogP contribution is -2.13. The molecule has 2 N–H and O–H groups in total. The first kappa shape index (κ1) is 18.8. The molecule has 0 unspecified atom stereocenters. The van der Waals surface area contributed by atoms with Crippen molar-refractivity contribution in [3.05, 3.63) is 65.2 Å². The minimum atomic E-state index is -0.147. The Morgan fingerprint density at radius 1 is 1.04 bits per heavy atom. The third kappa shape index (κ3) is 5.49. The van der Waals surface area contributed by atoms with E-state index < -0.39 is 0 Å². The molecule has 2 amide bonds. The summed E-state index contributed by atoms with van der Waals surface area (Å²) in [5, 5.41) is 8.53. The number of aryl methyl sites for hydroxylation is 2. The molecule has 0 aliphatic heterocycles. The summed E-state index contributed by atoms with van der Waals surface area (Å²) >= 11 is 1.59. The summed E-state index contributed by atoms with van der Waals surface area (Å²) in [6, 6.07) is 15.3. The van der Waals surface area contributed by atoms with Crippen molar-refractivity contribution in [3.8, 4) is 10.6 Å². The second-order valence-electron chi connectivity index (χ2n) is 6.32. The minimum Gasteiger partial charge on any atom is -0.326 e. The molecule has 3 rings (SSSR count). The molecule has 0 spiro atoms. The standard InChI is InChI=1S/C21H21N3O2S/c1-14-5-3-6-16(11-14)21-24-19(13-27-21)9-10-20(26)23-18-8-4-7-17(12-18)22-15(2)25/h3-8,11-13H,9-10H2,1-2H3,(H,22,25)(H,23,26). The molecule has 0 bridgehead atoms. The van der Waals surface area contributed by atoms with Crippen LogP contribution in [0.5, 0.6) is 0 Å². The van der Waals surface area contributed by atoms with Gasteiger partial charge in [-0.3, -0.25) is 9.59 Å². The van der Waals surface area contributed by atoms with Gasteiger partial charge in [-0.2, -0.15) is 0 Å². The van der Waals surface area contributed by atoms with Crippen LogP contribution < -0.4 is 10.6 Å². The fourth-order valence-electron chi connectivity index (χ4n) is 2.68. The number of nitrogens with zero attached hydrogens (tertiary/aromatic N) is 1. The highest BCUT2D eigenvalue weighted by Gasteiger charge is 2.08. The Labute approximate surface area is 162 Å². The first-order valence-electron chi connectivity index (χ1n) is 8.68. The number of nitrogens with one attached hydrogen (secondary N) is 2. The van der Waals surface area contributed by atoms with E-state index in [2.05, 4.69) is 34.7 Å². The third-order valence-electron chi connectivity index (χ3n) is 3.89. The Morgan fingerprint density at radius 2 is 1.78 bits per heavy atom. The number of aromatic nitrogens is 1. The van der Waals surface area contributed by atoms with E-state index in [1.807, 2.05) is 17.5 Å². The number of carbonyl (C=O) groups is 2. The van der Waals surface area contributed by atoms with Crippen molar-refractivity contribution in [1.82, 2.24) is 4.98 Å². The van der Waals surface area contributed by atoms with Gasteiger partial charge in [0.25, 0.3) is 0 Å². The Hall–Kier alpha value is -2.99. The average molecular weight is 379 g/mol. The van der Waals surface area contributed by atoms with E-state index in [-0.39, 0.29) is 11.8 Å². The molecule has 0 saturated heterocycles. The fourth-order valence-corrected chi connectivity index (χ4v) is 3.53. The number of thiazole rings is 1. The third-order valence-corrected chi connectivity index (χ3v) is 4.83. The molecule has 6 heteroatoms. The Balaban J connectivity index is 1.56. The molecule has 2 aromatic carbocycles. The molecule has 0 saturated carbocycles. The van der Waals surface area contributed by atoms with Gasteiger partial charge >= 0.3 is 0 Å². The van der Waals surface area contributed by atoms with Crippen LogP contribution in [0, 0.1) is 6.92 Å². The van der Waals surface area contributed by atoms with E-state index in [0.29, 0.717) is 24.2 Å². The predicted molar refractivity (Wildman–Crippen MR) is 110 cm³/mol. The highest BCUT2D eigenvalue weighted by molar-refractivity contribution is 7.13. The van der Waals surface area contributed by atoms with Crippen LogP contribution in [0.3, 0.4) is 0 Å². The van der Waals surface area contributed by atoms with Crippen molar-refractivity contribution in [2.75, 3.05) is 10.6 Å². The zero-order chi connectivity index (χ0) is 19.2. The number of carbonyl (C=O) groups excluding carboxylic acids is 2. The van der Waals surface area contributed by atoms with Crippen molar-refractivity contribution in [2.45, 2.75) is 26.7 Å². The highest BCUT2D eigenvalue weighted by atomic mass is 32.1. The average Bonchev–Trinajstić information content (AvgIpc) is 3.09. The molecule has 1 aromatic heterocycles. The Kier molecular flexibility index (Phi) is 5.98. The molecule has 27 heavy (non-hydrogen) atoms. The lowest BCUT2D eigenvalue weighted by molar-refractivity contribution is -0.116. The summed E-state index contributed by atoms with van der Waals surface area (Å²) < 4.78 is 0. The van der Waals surface area contributed by atoms with Crippen LogP contribution in [0.2, 0.25) is 0 Å². The van der Waals surface area contributed by atoms with Gasteiger partial charge in [0.2, 0.25) is 11.8 Å². The van der Waals surface area contributed by atoms with Crippen LogP contribution in [0.4, 0.5) is 11.4 Å². The van der Waals surface area contributed by atoms with E-state index in [9.17, 15) is 9.59 Å². The lowest BCUT2D eigenvalue weighted by Gasteiger charge is -2.07. The first-order valence-corrected chi connectivity index (χ1v) is 9.56. The van der Waals surface area contributed by atoms with Gasteiger partial charge in [0.15, 0.2) is 0 Å². The molecule has 5 nitrogen and oxygen atoms in total. The quantitative estimate of drug-likeness (QED) is 0.655. The summed E-state index contributed by atoms with van der Waals surface area (Å²) in [6.07, 6.45) is 0.931. The number of amides is 2. The zero-order valence-electron chi connectivity index (χ0n) is 15.3. The molecule has 3 aromatic rings.